The van der Waals surface area contributed by atoms with Crippen LogP contribution < -0.4 is 0 Å². The van der Waals surface area contributed by atoms with Gasteiger partial charge < -0.3 is 9.47 Å². The molecule has 0 bridgehead atoms. The van der Waals surface area contributed by atoms with Gasteiger partial charge in [-0.3, -0.25) is 14.5 Å². The average molecular weight is 327 g/mol. The van der Waals surface area contributed by atoms with Crippen molar-refractivity contribution >= 4 is 11.9 Å². The summed E-state index contributed by atoms with van der Waals surface area (Å²) in [5, 5.41) is 0. The summed E-state index contributed by atoms with van der Waals surface area (Å²) in [6, 6.07) is 18.9. The lowest BCUT2D eigenvalue weighted by molar-refractivity contribution is -0.149. The number of hydrogen-bond acceptors (Lipinski definition) is 5. The van der Waals surface area contributed by atoms with E-state index in [-0.39, 0.29) is 38.2 Å². The van der Waals surface area contributed by atoms with Gasteiger partial charge in [-0.2, -0.15) is 0 Å². The van der Waals surface area contributed by atoms with E-state index in [0.717, 1.165) is 11.1 Å². The maximum atomic E-state index is 11.8. The molecular weight excluding hydrogens is 306 g/mol. The largest absolute Gasteiger partial charge is 0.460 e. The fraction of sp³-hybridized carbons (Fsp3) is 0.263. The van der Waals surface area contributed by atoms with Gasteiger partial charge in [-0.1, -0.05) is 60.7 Å². The molecule has 0 unspecified atom stereocenters. The van der Waals surface area contributed by atoms with Gasteiger partial charge in [0.25, 0.3) is 0 Å². The van der Waals surface area contributed by atoms with E-state index in [1.54, 1.807) is 11.9 Å². The third kappa shape index (κ3) is 6.62. The van der Waals surface area contributed by atoms with Crippen molar-refractivity contribution in [1.29, 1.82) is 0 Å². The van der Waals surface area contributed by atoms with E-state index in [1.807, 2.05) is 60.7 Å². The number of likely N-dealkylation sites (N-methyl/N-ethyl adjacent to an activating group) is 1. The van der Waals surface area contributed by atoms with Gasteiger partial charge in [0.1, 0.15) is 13.2 Å². The Morgan fingerprint density at radius 1 is 0.750 bits per heavy atom. The van der Waals surface area contributed by atoms with E-state index in [9.17, 15) is 9.59 Å². The number of benzene rings is 2. The summed E-state index contributed by atoms with van der Waals surface area (Å²) in [4.78, 5) is 25.1. The smallest absolute Gasteiger partial charge is 0.320 e. The summed E-state index contributed by atoms with van der Waals surface area (Å²) in [5.74, 6) is -0.755. The van der Waals surface area contributed by atoms with Crippen LogP contribution in [0, 0.1) is 0 Å². The van der Waals surface area contributed by atoms with Gasteiger partial charge in [0, 0.05) is 0 Å². The molecule has 0 heterocycles. The van der Waals surface area contributed by atoms with E-state index in [1.165, 1.54) is 0 Å². The Balaban J connectivity index is 1.65. The Morgan fingerprint density at radius 3 is 1.50 bits per heavy atom. The first-order valence-electron chi connectivity index (χ1n) is 7.71. The zero-order chi connectivity index (χ0) is 17.2. The maximum Gasteiger partial charge on any atom is 0.320 e. The summed E-state index contributed by atoms with van der Waals surface area (Å²) < 4.78 is 10.4. The van der Waals surface area contributed by atoms with Crippen molar-refractivity contribution in [1.82, 2.24) is 4.90 Å². The van der Waals surface area contributed by atoms with Crippen LogP contribution >= 0.6 is 0 Å². The molecule has 0 atom stereocenters. The van der Waals surface area contributed by atoms with Gasteiger partial charge in [0.15, 0.2) is 0 Å². The van der Waals surface area contributed by atoms with E-state index in [2.05, 4.69) is 0 Å². The van der Waals surface area contributed by atoms with Crippen LogP contribution in [0.15, 0.2) is 60.7 Å². The Kier molecular flexibility index (Phi) is 6.98. The predicted octanol–water partition coefficient (Wildman–Crippen LogP) is 2.41. The molecule has 0 aromatic heterocycles. The molecule has 2 aromatic rings. The molecule has 0 radical (unpaired) electrons. The summed E-state index contributed by atoms with van der Waals surface area (Å²) >= 11 is 0. The van der Waals surface area contributed by atoms with Gasteiger partial charge in [0.05, 0.1) is 13.1 Å². The van der Waals surface area contributed by atoms with Crippen molar-refractivity contribution < 1.29 is 19.1 Å². The molecule has 0 saturated heterocycles. The zero-order valence-electron chi connectivity index (χ0n) is 13.7. The Labute approximate surface area is 141 Å². The minimum absolute atomic E-state index is 0.0350. The number of rotatable bonds is 8. The normalized spacial score (nSPS) is 10.4. The standard InChI is InChI=1S/C19H21NO4/c1-20(12-18(21)23-14-16-8-4-2-5-9-16)13-19(22)24-15-17-10-6-3-7-11-17/h2-11H,12-15H2,1H3. The first-order chi connectivity index (χ1) is 11.6. The van der Waals surface area contributed by atoms with Gasteiger partial charge in [0.2, 0.25) is 0 Å². The highest BCUT2D eigenvalue weighted by atomic mass is 16.5. The summed E-state index contributed by atoms with van der Waals surface area (Å²) in [6.45, 7) is 0.526. The van der Waals surface area contributed by atoms with Crippen molar-refractivity contribution in [2.24, 2.45) is 0 Å². The lowest BCUT2D eigenvalue weighted by Gasteiger charge is -2.15. The Hall–Kier alpha value is -2.66. The minimum atomic E-state index is -0.378. The summed E-state index contributed by atoms with van der Waals surface area (Å²) in [7, 11) is 1.67. The molecule has 24 heavy (non-hydrogen) atoms. The van der Waals surface area contributed by atoms with Crippen molar-refractivity contribution in [3.63, 3.8) is 0 Å². The lowest BCUT2D eigenvalue weighted by atomic mass is 10.2. The van der Waals surface area contributed by atoms with Crippen LogP contribution in [0.5, 0.6) is 0 Å². The first kappa shape index (κ1) is 17.7. The van der Waals surface area contributed by atoms with Crippen LogP contribution in [0.3, 0.4) is 0 Å². The highest BCUT2D eigenvalue weighted by Crippen LogP contribution is 2.02. The molecule has 0 fully saturated rings. The molecule has 0 aliphatic rings. The maximum absolute atomic E-state index is 11.8. The Bertz CT molecular complexity index is 585. The molecule has 2 rings (SSSR count). The fourth-order valence-electron chi connectivity index (χ4n) is 2.06. The fourth-order valence-corrected chi connectivity index (χ4v) is 2.06. The number of esters is 2. The highest BCUT2D eigenvalue weighted by molar-refractivity contribution is 5.75. The van der Waals surface area contributed by atoms with E-state index >= 15 is 0 Å². The second-order valence-electron chi connectivity index (χ2n) is 5.46. The molecular formula is C19H21NO4. The van der Waals surface area contributed by atoms with Crippen LogP contribution in [0.25, 0.3) is 0 Å². The number of hydrogen-bond donors (Lipinski definition) is 0. The molecule has 2 aromatic carbocycles. The second kappa shape index (κ2) is 9.47. The third-order valence-electron chi connectivity index (χ3n) is 3.28. The molecule has 0 N–H and O–H groups in total. The molecule has 0 saturated carbocycles. The number of carbonyl (C=O) groups is 2. The second-order valence-corrected chi connectivity index (χ2v) is 5.46. The van der Waals surface area contributed by atoms with Crippen LogP contribution in [0.1, 0.15) is 11.1 Å². The molecule has 0 aliphatic heterocycles. The van der Waals surface area contributed by atoms with Crippen molar-refractivity contribution in [3.05, 3.63) is 71.8 Å². The van der Waals surface area contributed by atoms with E-state index < -0.39 is 0 Å². The Morgan fingerprint density at radius 2 is 1.12 bits per heavy atom. The van der Waals surface area contributed by atoms with Gasteiger partial charge in [-0.05, 0) is 18.2 Å². The number of nitrogens with zero attached hydrogens (tertiary/aromatic N) is 1. The average Bonchev–Trinajstić information content (AvgIpc) is 2.60. The monoisotopic (exact) mass is 327 g/mol. The number of carbonyl (C=O) groups excluding carboxylic acids is 2. The minimum Gasteiger partial charge on any atom is -0.460 e. The molecule has 0 spiro atoms. The third-order valence-corrected chi connectivity index (χ3v) is 3.28. The molecule has 126 valence electrons. The van der Waals surface area contributed by atoms with Crippen LogP contribution in [0.2, 0.25) is 0 Å². The topological polar surface area (TPSA) is 55.8 Å². The van der Waals surface area contributed by atoms with Crippen molar-refractivity contribution in [3.8, 4) is 0 Å². The van der Waals surface area contributed by atoms with E-state index in [4.69, 9.17) is 9.47 Å². The summed E-state index contributed by atoms with van der Waals surface area (Å²) in [6.07, 6.45) is 0. The van der Waals surface area contributed by atoms with Crippen LogP contribution in [-0.4, -0.2) is 37.0 Å². The number of ether oxygens (including phenoxy) is 2. The van der Waals surface area contributed by atoms with Crippen LogP contribution in [0.4, 0.5) is 0 Å². The van der Waals surface area contributed by atoms with Gasteiger partial charge >= 0.3 is 11.9 Å². The first-order valence-corrected chi connectivity index (χ1v) is 7.71. The molecule has 0 amide bonds. The lowest BCUT2D eigenvalue weighted by Crippen LogP contribution is -2.32. The van der Waals surface area contributed by atoms with Crippen molar-refractivity contribution in [2.75, 3.05) is 20.1 Å². The van der Waals surface area contributed by atoms with Crippen molar-refractivity contribution in [2.45, 2.75) is 13.2 Å². The quantitative estimate of drug-likeness (QED) is 0.697. The highest BCUT2D eigenvalue weighted by Gasteiger charge is 2.12. The van der Waals surface area contributed by atoms with Gasteiger partial charge in [-0.25, -0.2) is 0 Å². The van der Waals surface area contributed by atoms with Crippen LogP contribution in [-0.2, 0) is 32.3 Å². The SMILES string of the molecule is CN(CC(=O)OCc1ccccc1)CC(=O)OCc1ccccc1. The predicted molar refractivity (Wildman–Crippen MR) is 90.0 cm³/mol. The van der Waals surface area contributed by atoms with E-state index in [0.29, 0.717) is 0 Å². The summed E-state index contributed by atoms with van der Waals surface area (Å²) in [5.41, 5.74) is 1.85. The molecule has 0 aliphatic carbocycles. The zero-order valence-corrected chi connectivity index (χ0v) is 13.7. The molecule has 5 heteroatoms. The molecule has 5 nitrogen and oxygen atoms in total. The van der Waals surface area contributed by atoms with Gasteiger partial charge in [-0.15, -0.1) is 0 Å².